The van der Waals surface area contributed by atoms with E-state index in [0.29, 0.717) is 26.1 Å². The van der Waals surface area contributed by atoms with E-state index in [2.05, 4.69) is 4.98 Å². The number of nitrogens with zero attached hydrogens (tertiary/aromatic N) is 2. The Morgan fingerprint density at radius 2 is 1.97 bits per heavy atom. The van der Waals surface area contributed by atoms with Crippen LogP contribution >= 0.6 is 0 Å². The van der Waals surface area contributed by atoms with Crippen LogP contribution in [0.5, 0.6) is 0 Å². The predicted octanol–water partition coefficient (Wildman–Crippen LogP) is 1.75. The van der Waals surface area contributed by atoms with Crippen molar-refractivity contribution in [1.82, 2.24) is 14.8 Å². The SMILES string of the molecule is O=C(c1cc2c([nH]c1=O)CCC2)N1CCN2C(=O)OCC2(Cc2ccccc2)C1. The summed E-state index contributed by atoms with van der Waals surface area (Å²) in [6.45, 7) is 1.38. The molecular formula is C22H23N3O4. The van der Waals surface area contributed by atoms with Crippen molar-refractivity contribution >= 4 is 12.0 Å². The van der Waals surface area contributed by atoms with Crippen molar-refractivity contribution in [3.63, 3.8) is 0 Å². The molecule has 1 unspecified atom stereocenters. The molecule has 1 aliphatic carbocycles. The van der Waals surface area contributed by atoms with Crippen molar-refractivity contribution in [2.24, 2.45) is 0 Å². The van der Waals surface area contributed by atoms with Gasteiger partial charge < -0.3 is 14.6 Å². The third-order valence-electron chi connectivity index (χ3n) is 6.32. The van der Waals surface area contributed by atoms with Crippen LogP contribution < -0.4 is 5.56 Å². The van der Waals surface area contributed by atoms with E-state index in [9.17, 15) is 14.4 Å². The summed E-state index contributed by atoms with van der Waals surface area (Å²) in [6, 6.07) is 11.7. The zero-order chi connectivity index (χ0) is 20.0. The van der Waals surface area contributed by atoms with Crippen LogP contribution in [-0.4, -0.2) is 58.6 Å². The molecular weight excluding hydrogens is 370 g/mol. The lowest BCUT2D eigenvalue weighted by atomic mass is 9.88. The molecule has 29 heavy (non-hydrogen) atoms. The molecule has 3 heterocycles. The summed E-state index contributed by atoms with van der Waals surface area (Å²) in [6.07, 6.45) is 3.02. The fourth-order valence-corrected chi connectivity index (χ4v) is 4.85. The fourth-order valence-electron chi connectivity index (χ4n) is 4.85. The van der Waals surface area contributed by atoms with E-state index in [1.54, 1.807) is 15.9 Å². The van der Waals surface area contributed by atoms with E-state index in [4.69, 9.17) is 4.74 Å². The maximum Gasteiger partial charge on any atom is 0.410 e. The van der Waals surface area contributed by atoms with Gasteiger partial charge in [0.15, 0.2) is 0 Å². The van der Waals surface area contributed by atoms with Crippen LogP contribution in [0.2, 0.25) is 0 Å². The summed E-state index contributed by atoms with van der Waals surface area (Å²) in [5.41, 5.74) is 2.36. The average molecular weight is 393 g/mol. The molecule has 7 heteroatoms. The van der Waals surface area contributed by atoms with Crippen LogP contribution in [0.4, 0.5) is 4.79 Å². The monoisotopic (exact) mass is 393 g/mol. The molecule has 0 spiro atoms. The lowest BCUT2D eigenvalue weighted by molar-refractivity contribution is 0.0374. The Labute approximate surface area is 168 Å². The number of piperazine rings is 1. The number of amides is 2. The number of hydrogen-bond acceptors (Lipinski definition) is 4. The van der Waals surface area contributed by atoms with E-state index >= 15 is 0 Å². The number of fused-ring (bicyclic) bond motifs is 2. The first-order chi connectivity index (χ1) is 14.1. The van der Waals surface area contributed by atoms with Gasteiger partial charge in [0.25, 0.3) is 11.5 Å². The molecule has 3 aliphatic rings. The van der Waals surface area contributed by atoms with E-state index in [1.165, 1.54) is 0 Å². The molecule has 1 aromatic heterocycles. The van der Waals surface area contributed by atoms with Gasteiger partial charge in [0.05, 0.1) is 0 Å². The maximum atomic E-state index is 13.2. The highest BCUT2D eigenvalue weighted by Gasteiger charge is 2.51. The summed E-state index contributed by atoms with van der Waals surface area (Å²) < 4.78 is 5.37. The molecule has 7 nitrogen and oxygen atoms in total. The van der Waals surface area contributed by atoms with Crippen LogP contribution in [0.1, 0.15) is 33.6 Å². The largest absolute Gasteiger partial charge is 0.447 e. The van der Waals surface area contributed by atoms with Gasteiger partial charge in [-0.25, -0.2) is 4.79 Å². The average Bonchev–Trinajstić information content (AvgIpc) is 3.31. The first-order valence-corrected chi connectivity index (χ1v) is 10.1. The second-order valence-corrected chi connectivity index (χ2v) is 8.19. The Hall–Kier alpha value is -3.09. The van der Waals surface area contributed by atoms with Crippen molar-refractivity contribution < 1.29 is 14.3 Å². The molecule has 0 saturated carbocycles. The zero-order valence-electron chi connectivity index (χ0n) is 16.1. The minimum absolute atomic E-state index is 0.194. The Morgan fingerprint density at radius 1 is 1.14 bits per heavy atom. The van der Waals surface area contributed by atoms with Crippen molar-refractivity contribution in [2.75, 3.05) is 26.2 Å². The number of nitrogens with one attached hydrogen (secondary N) is 1. The van der Waals surface area contributed by atoms with Gasteiger partial charge in [0.1, 0.15) is 17.7 Å². The molecule has 150 valence electrons. The van der Waals surface area contributed by atoms with Gasteiger partial charge in [-0.1, -0.05) is 30.3 Å². The highest BCUT2D eigenvalue weighted by molar-refractivity contribution is 5.94. The van der Waals surface area contributed by atoms with Crippen molar-refractivity contribution in [1.29, 1.82) is 0 Å². The highest BCUT2D eigenvalue weighted by atomic mass is 16.6. The van der Waals surface area contributed by atoms with Crippen molar-refractivity contribution in [3.8, 4) is 0 Å². The number of aromatic amines is 1. The minimum atomic E-state index is -0.601. The van der Waals surface area contributed by atoms with E-state index in [0.717, 1.165) is 36.1 Å². The summed E-state index contributed by atoms with van der Waals surface area (Å²) in [5.74, 6) is -0.271. The van der Waals surface area contributed by atoms with Gasteiger partial charge >= 0.3 is 6.09 Å². The second kappa shape index (κ2) is 6.76. The summed E-state index contributed by atoms with van der Waals surface area (Å²) in [4.78, 5) is 44.4. The highest BCUT2D eigenvalue weighted by Crippen LogP contribution is 2.33. The topological polar surface area (TPSA) is 82.7 Å². The van der Waals surface area contributed by atoms with Crippen LogP contribution in [-0.2, 0) is 24.0 Å². The quantitative estimate of drug-likeness (QED) is 0.861. The minimum Gasteiger partial charge on any atom is -0.447 e. The molecule has 1 aromatic carbocycles. The number of aromatic nitrogens is 1. The standard InChI is InChI=1S/C22H23N3O4/c26-19-17(11-16-7-4-8-18(16)23-19)20(27)24-9-10-25-21(28)29-14-22(25,13-24)12-15-5-2-1-3-6-15/h1-3,5-6,11H,4,7-10,12-14H2,(H,23,26). The Bertz CT molecular complexity index is 1030. The molecule has 2 fully saturated rings. The zero-order valence-corrected chi connectivity index (χ0v) is 16.1. The van der Waals surface area contributed by atoms with Gasteiger partial charge in [-0.3, -0.25) is 14.5 Å². The predicted molar refractivity (Wildman–Crippen MR) is 106 cm³/mol. The Kier molecular flexibility index (Phi) is 4.19. The van der Waals surface area contributed by atoms with Crippen LogP contribution in [0.3, 0.4) is 0 Å². The third kappa shape index (κ3) is 3.01. The number of hydrogen-bond donors (Lipinski definition) is 1. The lowest BCUT2D eigenvalue weighted by Gasteiger charge is -2.44. The first kappa shape index (κ1) is 18.0. The number of carbonyl (C=O) groups excluding carboxylic acids is 2. The van der Waals surface area contributed by atoms with Crippen LogP contribution in [0.15, 0.2) is 41.2 Å². The Morgan fingerprint density at radius 3 is 2.79 bits per heavy atom. The number of pyridine rings is 1. The van der Waals surface area contributed by atoms with E-state index in [1.807, 2.05) is 30.3 Å². The molecule has 2 aliphatic heterocycles. The number of ether oxygens (including phenoxy) is 1. The molecule has 0 radical (unpaired) electrons. The lowest BCUT2D eigenvalue weighted by Crippen LogP contribution is -2.63. The number of H-pyrrole nitrogens is 1. The Balaban J connectivity index is 1.44. The van der Waals surface area contributed by atoms with Crippen molar-refractivity contribution in [3.05, 3.63) is 69.1 Å². The van der Waals surface area contributed by atoms with Crippen LogP contribution in [0.25, 0.3) is 0 Å². The van der Waals surface area contributed by atoms with Crippen molar-refractivity contribution in [2.45, 2.75) is 31.2 Å². The number of benzene rings is 1. The first-order valence-electron chi connectivity index (χ1n) is 10.1. The van der Waals surface area contributed by atoms with E-state index in [-0.39, 0.29) is 29.7 Å². The second-order valence-electron chi connectivity index (χ2n) is 8.19. The molecule has 2 saturated heterocycles. The third-order valence-corrected chi connectivity index (χ3v) is 6.32. The summed E-state index contributed by atoms with van der Waals surface area (Å²) in [5, 5.41) is 0. The van der Waals surface area contributed by atoms with Gasteiger partial charge in [-0.15, -0.1) is 0 Å². The number of carbonyl (C=O) groups is 2. The van der Waals surface area contributed by atoms with Gasteiger partial charge in [0.2, 0.25) is 0 Å². The molecule has 0 bridgehead atoms. The fraction of sp³-hybridized carbons (Fsp3) is 0.409. The maximum absolute atomic E-state index is 13.2. The molecule has 1 atom stereocenters. The molecule has 2 amide bonds. The molecule has 1 N–H and O–H groups in total. The smallest absolute Gasteiger partial charge is 0.410 e. The normalized spacial score (nSPS) is 23.0. The summed E-state index contributed by atoms with van der Waals surface area (Å²) >= 11 is 0. The number of aryl methyl sites for hydroxylation is 2. The number of cyclic esters (lactones) is 1. The summed E-state index contributed by atoms with van der Waals surface area (Å²) in [7, 11) is 0. The van der Waals surface area contributed by atoms with Gasteiger partial charge in [-0.05, 0) is 36.5 Å². The van der Waals surface area contributed by atoms with E-state index < -0.39 is 5.54 Å². The van der Waals surface area contributed by atoms with Gasteiger partial charge in [-0.2, -0.15) is 0 Å². The van der Waals surface area contributed by atoms with Crippen LogP contribution in [0, 0.1) is 0 Å². The molecule has 2 aromatic rings. The number of rotatable bonds is 3. The molecule has 5 rings (SSSR count). The van der Waals surface area contributed by atoms with Gasteiger partial charge in [0, 0.05) is 31.7 Å².